The van der Waals surface area contributed by atoms with Crippen molar-refractivity contribution in [2.45, 2.75) is 13.0 Å². The van der Waals surface area contributed by atoms with Crippen molar-refractivity contribution in [3.05, 3.63) is 57.8 Å². The second-order valence-corrected chi connectivity index (χ2v) is 6.73. The first-order chi connectivity index (χ1) is 12.3. The molecule has 0 bridgehead atoms. The molecule has 2 aromatic rings. The lowest BCUT2D eigenvalue weighted by molar-refractivity contribution is -0.119. The van der Waals surface area contributed by atoms with Crippen molar-refractivity contribution < 1.29 is 9.59 Å². The van der Waals surface area contributed by atoms with Gasteiger partial charge in [-0.05, 0) is 25.1 Å². The lowest BCUT2D eigenvalue weighted by Crippen LogP contribution is -2.38. The standard InChI is InChI=1S/C16H12Cl3N5O2/c1-8(2)15(25)21-14-13(23-5-3-4-20-23)16(26)24(22-14)12-10(18)6-9(17)7-11(12)19/h3-7,13H,1H2,2H3,(H,21,22,25). The number of nitrogens with one attached hydrogen (secondary N) is 1. The van der Waals surface area contributed by atoms with Crippen molar-refractivity contribution in [3.8, 4) is 0 Å². The van der Waals surface area contributed by atoms with Gasteiger partial charge in [0.2, 0.25) is 0 Å². The molecular formula is C16H12Cl3N5O2. The van der Waals surface area contributed by atoms with Crippen LogP contribution in [0.1, 0.15) is 13.0 Å². The summed E-state index contributed by atoms with van der Waals surface area (Å²) >= 11 is 18.3. The maximum absolute atomic E-state index is 13.0. The maximum atomic E-state index is 13.0. The van der Waals surface area contributed by atoms with Crippen LogP contribution < -0.4 is 10.3 Å². The fraction of sp³-hybridized carbons (Fsp3) is 0.125. The molecule has 26 heavy (non-hydrogen) atoms. The van der Waals surface area contributed by atoms with Gasteiger partial charge in [-0.25, -0.2) is 0 Å². The molecule has 1 aromatic heterocycles. The molecular weight excluding hydrogens is 401 g/mol. The third-order valence-electron chi connectivity index (χ3n) is 3.52. The zero-order chi connectivity index (χ0) is 19.0. The molecule has 0 fully saturated rings. The molecule has 1 N–H and O–H groups in total. The van der Waals surface area contributed by atoms with Crippen LogP contribution in [-0.4, -0.2) is 27.4 Å². The Bertz CT molecular complexity index is 916. The van der Waals surface area contributed by atoms with E-state index in [1.165, 1.54) is 23.0 Å². The molecule has 1 aliphatic rings. The van der Waals surface area contributed by atoms with Gasteiger partial charge in [0, 0.05) is 23.0 Å². The smallest absolute Gasteiger partial charge is 0.280 e. The maximum Gasteiger partial charge on any atom is 0.280 e. The molecule has 1 atom stereocenters. The summed E-state index contributed by atoms with van der Waals surface area (Å²) in [5.74, 6) is -0.880. The fourth-order valence-corrected chi connectivity index (χ4v) is 3.31. The number of hydrogen-bond donors (Lipinski definition) is 1. The average Bonchev–Trinajstić information content (AvgIpc) is 3.15. The molecule has 0 radical (unpaired) electrons. The molecule has 134 valence electrons. The number of carbonyl (C=O) groups excluding carboxylic acids is 2. The molecule has 2 heterocycles. The number of benzene rings is 1. The average molecular weight is 413 g/mol. The molecule has 1 aromatic carbocycles. The van der Waals surface area contributed by atoms with E-state index in [2.05, 4.69) is 22.1 Å². The van der Waals surface area contributed by atoms with Crippen molar-refractivity contribution in [2.75, 3.05) is 5.01 Å². The van der Waals surface area contributed by atoms with E-state index in [0.29, 0.717) is 5.02 Å². The van der Waals surface area contributed by atoms with Crippen LogP contribution >= 0.6 is 34.8 Å². The van der Waals surface area contributed by atoms with Gasteiger partial charge in [0.15, 0.2) is 11.9 Å². The Balaban J connectivity index is 2.07. The van der Waals surface area contributed by atoms with Crippen LogP contribution in [-0.2, 0) is 9.59 Å². The Morgan fingerprint density at radius 2 is 1.92 bits per heavy atom. The van der Waals surface area contributed by atoms with E-state index >= 15 is 0 Å². The lowest BCUT2D eigenvalue weighted by Gasteiger charge is -2.17. The Morgan fingerprint density at radius 3 is 2.46 bits per heavy atom. The van der Waals surface area contributed by atoms with Crippen molar-refractivity contribution in [1.29, 1.82) is 0 Å². The van der Waals surface area contributed by atoms with Crippen LogP contribution in [0.3, 0.4) is 0 Å². The number of amides is 2. The molecule has 0 aliphatic carbocycles. The van der Waals surface area contributed by atoms with Gasteiger partial charge >= 0.3 is 0 Å². The quantitative estimate of drug-likeness (QED) is 0.784. The van der Waals surface area contributed by atoms with Crippen LogP contribution in [0.4, 0.5) is 5.69 Å². The Morgan fingerprint density at radius 1 is 1.27 bits per heavy atom. The number of halogens is 3. The van der Waals surface area contributed by atoms with E-state index in [1.807, 2.05) is 0 Å². The van der Waals surface area contributed by atoms with Crippen molar-refractivity contribution in [3.63, 3.8) is 0 Å². The van der Waals surface area contributed by atoms with E-state index in [-0.39, 0.29) is 27.1 Å². The molecule has 0 saturated carbocycles. The van der Waals surface area contributed by atoms with Crippen molar-refractivity contribution in [1.82, 2.24) is 15.1 Å². The fourth-order valence-electron chi connectivity index (χ4n) is 2.33. The second-order valence-electron chi connectivity index (χ2n) is 5.48. The van der Waals surface area contributed by atoms with Crippen LogP contribution in [0.25, 0.3) is 0 Å². The summed E-state index contributed by atoms with van der Waals surface area (Å²) < 4.78 is 1.37. The number of amidine groups is 1. The van der Waals surface area contributed by atoms with E-state index < -0.39 is 17.9 Å². The summed E-state index contributed by atoms with van der Waals surface area (Å²) in [5.41, 5.74) is 0.430. The Labute approximate surface area is 163 Å². The van der Waals surface area contributed by atoms with Gasteiger partial charge < -0.3 is 5.32 Å². The lowest BCUT2D eigenvalue weighted by atomic mass is 10.2. The number of rotatable bonds is 3. The molecule has 1 aliphatic heterocycles. The Kier molecular flexibility index (Phi) is 5.04. The first-order valence-corrected chi connectivity index (χ1v) is 8.46. The van der Waals surface area contributed by atoms with Gasteiger partial charge in [0.05, 0.1) is 10.0 Å². The van der Waals surface area contributed by atoms with Gasteiger partial charge in [0.25, 0.3) is 11.8 Å². The molecule has 0 spiro atoms. The highest BCUT2D eigenvalue weighted by atomic mass is 35.5. The first-order valence-electron chi connectivity index (χ1n) is 7.32. The second kappa shape index (κ2) is 7.11. The van der Waals surface area contributed by atoms with Crippen LogP contribution in [0.5, 0.6) is 0 Å². The number of nitrogens with zero attached hydrogens (tertiary/aromatic N) is 4. The Hall–Kier alpha value is -2.35. The van der Waals surface area contributed by atoms with E-state index in [0.717, 1.165) is 5.01 Å². The first kappa shape index (κ1) is 18.4. The van der Waals surface area contributed by atoms with E-state index in [1.54, 1.807) is 19.2 Å². The molecule has 1 unspecified atom stereocenters. The minimum Gasteiger partial charge on any atom is -0.307 e. The van der Waals surface area contributed by atoms with E-state index in [4.69, 9.17) is 34.8 Å². The summed E-state index contributed by atoms with van der Waals surface area (Å²) in [5, 5.41) is 12.5. The van der Waals surface area contributed by atoms with Crippen molar-refractivity contribution >= 4 is 58.1 Å². The molecule has 3 rings (SSSR count). The molecule has 7 nitrogen and oxygen atoms in total. The highest BCUT2D eigenvalue weighted by Gasteiger charge is 2.41. The third kappa shape index (κ3) is 3.33. The summed E-state index contributed by atoms with van der Waals surface area (Å²) in [7, 11) is 0. The van der Waals surface area contributed by atoms with Crippen LogP contribution in [0.2, 0.25) is 15.1 Å². The topological polar surface area (TPSA) is 79.6 Å². The third-order valence-corrected chi connectivity index (χ3v) is 4.32. The SMILES string of the molecule is C=C(C)C(=O)NC1=NN(c2c(Cl)cc(Cl)cc2Cl)C(=O)C1n1cccn1. The van der Waals surface area contributed by atoms with Gasteiger partial charge in [-0.2, -0.15) is 10.1 Å². The number of hydrogen-bond acceptors (Lipinski definition) is 4. The van der Waals surface area contributed by atoms with Crippen molar-refractivity contribution in [2.24, 2.45) is 5.10 Å². The minimum atomic E-state index is -0.976. The van der Waals surface area contributed by atoms with Gasteiger partial charge in [-0.1, -0.05) is 41.4 Å². The predicted octanol–water partition coefficient (Wildman–Crippen LogP) is 3.44. The minimum absolute atomic E-state index is 0.0776. The van der Waals surface area contributed by atoms with Gasteiger partial charge in [0.1, 0.15) is 5.69 Å². The summed E-state index contributed by atoms with van der Waals surface area (Å²) in [6.07, 6.45) is 3.09. The largest absolute Gasteiger partial charge is 0.307 e. The summed E-state index contributed by atoms with van der Waals surface area (Å²) in [6.45, 7) is 5.12. The monoisotopic (exact) mass is 411 g/mol. The van der Waals surface area contributed by atoms with Gasteiger partial charge in [-0.3, -0.25) is 14.3 Å². The van der Waals surface area contributed by atoms with E-state index in [9.17, 15) is 9.59 Å². The van der Waals surface area contributed by atoms with Crippen LogP contribution in [0.15, 0.2) is 47.8 Å². The summed E-state index contributed by atoms with van der Waals surface area (Å²) in [4.78, 5) is 25.0. The highest BCUT2D eigenvalue weighted by Crippen LogP contribution is 2.39. The predicted molar refractivity (Wildman–Crippen MR) is 101 cm³/mol. The number of hydrazone groups is 1. The van der Waals surface area contributed by atoms with Crippen LogP contribution in [0, 0.1) is 0 Å². The highest BCUT2D eigenvalue weighted by molar-refractivity contribution is 6.42. The molecule has 2 amide bonds. The van der Waals surface area contributed by atoms with Gasteiger partial charge in [-0.15, -0.1) is 5.10 Å². The zero-order valence-corrected chi connectivity index (χ0v) is 15.7. The molecule has 10 heteroatoms. The zero-order valence-electron chi connectivity index (χ0n) is 13.4. The number of carbonyl (C=O) groups is 2. The normalized spacial score (nSPS) is 16.6. The summed E-state index contributed by atoms with van der Waals surface area (Å²) in [6, 6.07) is 3.56. The number of aromatic nitrogens is 2. The number of anilines is 1. The molecule has 0 saturated heterocycles.